The van der Waals surface area contributed by atoms with Crippen molar-refractivity contribution < 1.29 is 9.53 Å². The van der Waals surface area contributed by atoms with Gasteiger partial charge < -0.3 is 15.8 Å². The fourth-order valence-corrected chi connectivity index (χ4v) is 4.29. The molecule has 158 valence electrons. The van der Waals surface area contributed by atoms with E-state index in [1.165, 1.54) is 32.1 Å². The van der Waals surface area contributed by atoms with Crippen molar-refractivity contribution in [2.24, 2.45) is 11.7 Å². The first-order valence-electron chi connectivity index (χ1n) is 10.8. The van der Waals surface area contributed by atoms with Crippen LogP contribution in [0.2, 0.25) is 0 Å². The van der Waals surface area contributed by atoms with E-state index in [-0.39, 0.29) is 11.9 Å². The third kappa shape index (κ3) is 4.33. The zero-order chi connectivity index (χ0) is 20.9. The molecule has 4 rings (SSSR count). The lowest BCUT2D eigenvalue weighted by Crippen LogP contribution is -2.34. The zero-order valence-corrected chi connectivity index (χ0v) is 17.5. The predicted molar refractivity (Wildman–Crippen MR) is 118 cm³/mol. The van der Waals surface area contributed by atoms with Crippen molar-refractivity contribution in [3.63, 3.8) is 0 Å². The summed E-state index contributed by atoms with van der Waals surface area (Å²) in [5.74, 6) is 1.14. The number of nitrogens with zero attached hydrogens (tertiary/aromatic N) is 2. The van der Waals surface area contributed by atoms with Crippen LogP contribution in [0.15, 0.2) is 48.7 Å². The Morgan fingerprint density at radius 3 is 2.70 bits per heavy atom. The molecule has 3 N–H and O–H groups in total. The molecule has 6 nitrogen and oxygen atoms in total. The van der Waals surface area contributed by atoms with Crippen LogP contribution in [0, 0.1) is 12.8 Å². The minimum atomic E-state index is -0.255. The summed E-state index contributed by atoms with van der Waals surface area (Å²) < 4.78 is 7.96. The van der Waals surface area contributed by atoms with Crippen LogP contribution in [0.4, 0.5) is 0 Å². The van der Waals surface area contributed by atoms with Crippen molar-refractivity contribution in [1.29, 1.82) is 0 Å². The quantitative estimate of drug-likeness (QED) is 0.621. The fourth-order valence-electron chi connectivity index (χ4n) is 4.29. The average molecular weight is 407 g/mol. The van der Waals surface area contributed by atoms with Crippen molar-refractivity contribution >= 4 is 11.6 Å². The summed E-state index contributed by atoms with van der Waals surface area (Å²) in [5, 5.41) is 3.06. The molecule has 1 amide bonds. The standard InChI is InChI=1S/C24H30N4O2/c1-17-22(24(29)27-20(15-25)19-11-6-3-7-12-19)28-14-8-13-21(23(28)26-17)30-16-18-9-4-2-5-10-18/h3,6-8,11-14,18,20H,2,4-5,9-10,15-16,25H2,1H3,(H,27,29). The fraction of sp³-hybridized carbons (Fsp3) is 0.417. The third-order valence-electron chi connectivity index (χ3n) is 5.95. The number of amides is 1. The summed E-state index contributed by atoms with van der Waals surface area (Å²) in [6.45, 7) is 2.88. The van der Waals surface area contributed by atoms with Crippen LogP contribution >= 0.6 is 0 Å². The highest BCUT2D eigenvalue weighted by atomic mass is 16.5. The van der Waals surface area contributed by atoms with E-state index in [1.54, 1.807) is 0 Å². The van der Waals surface area contributed by atoms with Gasteiger partial charge in [0.05, 0.1) is 18.3 Å². The minimum absolute atomic E-state index is 0.191. The lowest BCUT2D eigenvalue weighted by atomic mass is 9.90. The molecule has 1 fully saturated rings. The number of carbonyl (C=O) groups is 1. The lowest BCUT2D eigenvalue weighted by Gasteiger charge is -2.21. The van der Waals surface area contributed by atoms with Crippen molar-refractivity contribution in [1.82, 2.24) is 14.7 Å². The summed E-state index contributed by atoms with van der Waals surface area (Å²) >= 11 is 0. The number of nitrogens with one attached hydrogen (secondary N) is 1. The average Bonchev–Trinajstić information content (AvgIpc) is 3.13. The molecular weight excluding hydrogens is 376 g/mol. The van der Waals surface area contributed by atoms with E-state index in [0.717, 1.165) is 11.3 Å². The lowest BCUT2D eigenvalue weighted by molar-refractivity contribution is 0.0931. The SMILES string of the molecule is Cc1nc2c(OCC3CCCCC3)cccn2c1C(=O)NC(CN)c1ccccc1. The van der Waals surface area contributed by atoms with Gasteiger partial charge >= 0.3 is 0 Å². The first kappa shape index (κ1) is 20.4. The van der Waals surface area contributed by atoms with E-state index >= 15 is 0 Å². The van der Waals surface area contributed by atoms with Crippen LogP contribution in [-0.4, -0.2) is 28.4 Å². The molecule has 2 aromatic heterocycles. The number of carbonyl (C=O) groups excluding carboxylic acids is 1. The Morgan fingerprint density at radius 1 is 1.20 bits per heavy atom. The van der Waals surface area contributed by atoms with Crippen LogP contribution in [0.5, 0.6) is 5.75 Å². The maximum absolute atomic E-state index is 13.1. The molecule has 0 bridgehead atoms. The Labute approximate surface area is 177 Å². The van der Waals surface area contributed by atoms with Crippen LogP contribution in [0.1, 0.15) is 59.9 Å². The van der Waals surface area contributed by atoms with Crippen molar-refractivity contribution in [3.05, 3.63) is 65.6 Å². The van der Waals surface area contributed by atoms with Crippen LogP contribution in [-0.2, 0) is 0 Å². The molecule has 1 aliphatic rings. The minimum Gasteiger partial charge on any atom is -0.489 e. The zero-order valence-electron chi connectivity index (χ0n) is 17.5. The van der Waals surface area contributed by atoms with Crippen molar-refractivity contribution in [2.45, 2.75) is 45.1 Å². The molecule has 2 heterocycles. The highest BCUT2D eigenvalue weighted by Gasteiger charge is 2.22. The molecule has 3 aromatic rings. The number of hydrogen-bond donors (Lipinski definition) is 2. The van der Waals surface area contributed by atoms with E-state index in [4.69, 9.17) is 10.5 Å². The number of imidazole rings is 1. The molecule has 0 aliphatic heterocycles. The van der Waals surface area contributed by atoms with Crippen LogP contribution < -0.4 is 15.8 Å². The second-order valence-corrected chi connectivity index (χ2v) is 8.10. The molecule has 1 aromatic carbocycles. The van der Waals surface area contributed by atoms with Gasteiger partial charge in [0.2, 0.25) is 0 Å². The van der Waals surface area contributed by atoms with E-state index in [1.807, 2.05) is 60.0 Å². The third-order valence-corrected chi connectivity index (χ3v) is 5.95. The molecule has 6 heteroatoms. The van der Waals surface area contributed by atoms with Gasteiger partial charge in [-0.15, -0.1) is 0 Å². The molecule has 0 saturated heterocycles. The Kier molecular flexibility index (Phi) is 6.33. The van der Waals surface area contributed by atoms with Gasteiger partial charge in [-0.25, -0.2) is 4.98 Å². The van der Waals surface area contributed by atoms with Gasteiger partial charge in [-0.2, -0.15) is 0 Å². The van der Waals surface area contributed by atoms with Crippen molar-refractivity contribution in [3.8, 4) is 5.75 Å². The number of fused-ring (bicyclic) bond motifs is 1. The van der Waals surface area contributed by atoms with E-state index in [2.05, 4.69) is 10.3 Å². The summed E-state index contributed by atoms with van der Waals surface area (Å²) in [4.78, 5) is 17.8. The Bertz CT molecular complexity index is 993. The molecule has 0 radical (unpaired) electrons. The van der Waals surface area contributed by atoms with Gasteiger partial charge in [0.25, 0.3) is 5.91 Å². The van der Waals surface area contributed by atoms with Gasteiger partial charge in [0.1, 0.15) is 5.69 Å². The Morgan fingerprint density at radius 2 is 1.97 bits per heavy atom. The number of aromatic nitrogens is 2. The maximum Gasteiger partial charge on any atom is 0.270 e. The molecular formula is C24H30N4O2. The predicted octanol–water partition coefficient (Wildman–Crippen LogP) is 4.03. The first-order chi connectivity index (χ1) is 14.7. The summed E-state index contributed by atoms with van der Waals surface area (Å²) in [6, 6.07) is 13.3. The molecule has 1 saturated carbocycles. The van der Waals surface area contributed by atoms with Gasteiger partial charge in [-0.3, -0.25) is 9.20 Å². The van der Waals surface area contributed by atoms with Gasteiger partial charge in [-0.1, -0.05) is 49.6 Å². The number of pyridine rings is 1. The maximum atomic E-state index is 13.1. The molecule has 30 heavy (non-hydrogen) atoms. The second kappa shape index (κ2) is 9.30. The normalized spacial score (nSPS) is 15.8. The summed E-state index contributed by atoms with van der Waals surface area (Å²) in [5.41, 5.74) is 8.79. The summed E-state index contributed by atoms with van der Waals surface area (Å²) in [7, 11) is 0. The van der Waals surface area contributed by atoms with Crippen LogP contribution in [0.3, 0.4) is 0 Å². The Hall–Kier alpha value is -2.86. The van der Waals surface area contributed by atoms with Crippen molar-refractivity contribution in [2.75, 3.05) is 13.2 Å². The number of nitrogens with two attached hydrogens (primary N) is 1. The largest absolute Gasteiger partial charge is 0.489 e. The monoisotopic (exact) mass is 406 g/mol. The van der Waals surface area contributed by atoms with E-state index < -0.39 is 0 Å². The Balaban J connectivity index is 1.55. The van der Waals surface area contributed by atoms with Gasteiger partial charge in [-0.05, 0) is 43.4 Å². The molecule has 1 unspecified atom stereocenters. The van der Waals surface area contributed by atoms with Gasteiger partial charge in [0.15, 0.2) is 11.4 Å². The number of rotatable bonds is 7. The number of ether oxygens (including phenoxy) is 1. The topological polar surface area (TPSA) is 81.7 Å². The highest BCUT2D eigenvalue weighted by Crippen LogP contribution is 2.27. The van der Waals surface area contributed by atoms with Gasteiger partial charge in [0, 0.05) is 12.7 Å². The second-order valence-electron chi connectivity index (χ2n) is 8.10. The number of aryl methyl sites for hydroxylation is 1. The summed E-state index contributed by atoms with van der Waals surface area (Å²) in [6.07, 6.45) is 8.21. The van der Waals surface area contributed by atoms with Crippen LogP contribution in [0.25, 0.3) is 5.65 Å². The number of hydrogen-bond acceptors (Lipinski definition) is 4. The molecule has 1 aliphatic carbocycles. The van der Waals surface area contributed by atoms with E-state index in [9.17, 15) is 4.79 Å². The molecule has 0 spiro atoms. The highest BCUT2D eigenvalue weighted by molar-refractivity contribution is 5.95. The smallest absolute Gasteiger partial charge is 0.270 e. The number of benzene rings is 1. The van der Waals surface area contributed by atoms with E-state index in [0.29, 0.717) is 36.1 Å². The first-order valence-corrected chi connectivity index (χ1v) is 10.8. The molecule has 1 atom stereocenters.